The number of nitrogens with one attached hydrogen (secondary N) is 3. The van der Waals surface area contributed by atoms with Gasteiger partial charge in [-0.1, -0.05) is 30.9 Å². The molecule has 0 saturated heterocycles. The molecule has 0 radical (unpaired) electrons. The average Bonchev–Trinajstić information content (AvgIpc) is 3.35. The summed E-state index contributed by atoms with van der Waals surface area (Å²) in [5.41, 5.74) is 4.01. The summed E-state index contributed by atoms with van der Waals surface area (Å²) in [5.74, 6) is -0.653. The predicted molar refractivity (Wildman–Crippen MR) is 124 cm³/mol. The number of aromatic nitrogens is 1. The van der Waals surface area contributed by atoms with Crippen LogP contribution in [0.2, 0.25) is 0 Å². The van der Waals surface area contributed by atoms with Crippen molar-refractivity contribution in [1.82, 2.24) is 15.6 Å². The van der Waals surface area contributed by atoms with Gasteiger partial charge in [0, 0.05) is 52.3 Å². The summed E-state index contributed by atoms with van der Waals surface area (Å²) in [6, 6.07) is 7.71. The van der Waals surface area contributed by atoms with Crippen LogP contribution in [0, 0.1) is 10.1 Å². The molecule has 2 heterocycles. The second kappa shape index (κ2) is 9.70. The second-order valence-electron chi connectivity index (χ2n) is 8.51. The van der Waals surface area contributed by atoms with E-state index < -0.39 is 18.1 Å². The summed E-state index contributed by atoms with van der Waals surface area (Å²) in [5, 5.41) is 27.9. The van der Waals surface area contributed by atoms with Crippen LogP contribution in [0.25, 0.3) is 10.9 Å². The molecule has 0 saturated carbocycles. The van der Waals surface area contributed by atoms with E-state index in [-0.39, 0.29) is 36.6 Å². The molecule has 1 aliphatic carbocycles. The lowest BCUT2D eigenvalue weighted by molar-refractivity contribution is -0.480. The van der Waals surface area contributed by atoms with Crippen molar-refractivity contribution in [3.8, 4) is 0 Å². The molecular formula is C24H28N4O5. The van der Waals surface area contributed by atoms with Gasteiger partial charge in [-0.3, -0.25) is 14.9 Å². The van der Waals surface area contributed by atoms with Gasteiger partial charge in [-0.2, -0.15) is 0 Å². The van der Waals surface area contributed by atoms with Crippen LogP contribution in [0.4, 0.5) is 0 Å². The van der Waals surface area contributed by atoms with Gasteiger partial charge in [0.15, 0.2) is 0 Å². The Morgan fingerprint density at radius 1 is 1.33 bits per heavy atom. The van der Waals surface area contributed by atoms with E-state index in [1.54, 1.807) is 0 Å². The SMILES string of the molecule is C=C1C=CC2=C(C1OCC(O)CNC(C)CC[N+](=O)[O-])C(c1c[nH]c3ccccc13)C(=O)N2. The summed E-state index contributed by atoms with van der Waals surface area (Å²) in [7, 11) is 0. The van der Waals surface area contributed by atoms with Crippen LogP contribution in [-0.4, -0.2) is 58.9 Å². The van der Waals surface area contributed by atoms with Crippen LogP contribution in [0.3, 0.4) is 0 Å². The minimum absolute atomic E-state index is 0.0259. The highest BCUT2D eigenvalue weighted by Gasteiger charge is 2.41. The van der Waals surface area contributed by atoms with Gasteiger partial charge in [-0.25, -0.2) is 0 Å². The number of rotatable bonds is 10. The number of carbonyl (C=O) groups excluding carboxylic acids is 1. The fraction of sp³-hybridized carbons (Fsp3) is 0.375. The molecule has 4 N–H and O–H groups in total. The van der Waals surface area contributed by atoms with Crippen molar-refractivity contribution in [3.05, 3.63) is 81.7 Å². The number of allylic oxidation sites excluding steroid dienone is 1. The molecule has 0 bridgehead atoms. The van der Waals surface area contributed by atoms with Crippen LogP contribution in [-0.2, 0) is 9.53 Å². The first-order valence-corrected chi connectivity index (χ1v) is 11.0. The number of carbonyl (C=O) groups is 1. The number of fused-ring (bicyclic) bond motifs is 1. The first-order valence-electron chi connectivity index (χ1n) is 11.0. The number of ether oxygens (including phenoxy) is 1. The van der Waals surface area contributed by atoms with E-state index in [2.05, 4.69) is 22.2 Å². The van der Waals surface area contributed by atoms with Crippen LogP contribution >= 0.6 is 0 Å². The molecule has 4 atom stereocenters. The molecule has 0 spiro atoms. The van der Waals surface area contributed by atoms with Crippen molar-refractivity contribution in [2.24, 2.45) is 0 Å². The number of amides is 1. The molecule has 4 rings (SSSR count). The van der Waals surface area contributed by atoms with E-state index in [9.17, 15) is 20.0 Å². The molecule has 174 valence electrons. The molecule has 33 heavy (non-hydrogen) atoms. The molecule has 2 aromatic rings. The largest absolute Gasteiger partial charge is 0.389 e. The summed E-state index contributed by atoms with van der Waals surface area (Å²) in [6.45, 7) is 6.08. The van der Waals surface area contributed by atoms with Gasteiger partial charge >= 0.3 is 0 Å². The zero-order chi connectivity index (χ0) is 23.5. The molecule has 9 nitrogen and oxygen atoms in total. The number of nitro groups is 1. The van der Waals surface area contributed by atoms with Crippen molar-refractivity contribution in [1.29, 1.82) is 0 Å². The number of aliphatic hydroxyl groups is 1. The maximum atomic E-state index is 13.0. The third-order valence-electron chi connectivity index (χ3n) is 6.06. The molecule has 1 amide bonds. The Morgan fingerprint density at radius 2 is 2.12 bits per heavy atom. The quantitative estimate of drug-likeness (QED) is 0.323. The number of hydrogen-bond donors (Lipinski definition) is 4. The maximum Gasteiger partial charge on any atom is 0.236 e. The number of aromatic amines is 1. The number of para-hydroxylation sites is 1. The highest BCUT2D eigenvalue weighted by Crippen LogP contribution is 2.42. The van der Waals surface area contributed by atoms with Gasteiger partial charge in [-0.05, 0) is 30.2 Å². The highest BCUT2D eigenvalue weighted by molar-refractivity contribution is 5.98. The summed E-state index contributed by atoms with van der Waals surface area (Å²) >= 11 is 0. The van der Waals surface area contributed by atoms with E-state index in [1.165, 1.54) is 0 Å². The summed E-state index contributed by atoms with van der Waals surface area (Å²) in [4.78, 5) is 26.3. The van der Waals surface area contributed by atoms with E-state index >= 15 is 0 Å². The van der Waals surface area contributed by atoms with Crippen LogP contribution < -0.4 is 10.6 Å². The summed E-state index contributed by atoms with van der Waals surface area (Å²) in [6.07, 6.45) is 4.51. The first-order chi connectivity index (χ1) is 15.8. The molecule has 2 aliphatic rings. The number of aliphatic hydroxyl groups excluding tert-OH is 1. The third kappa shape index (κ3) is 4.90. The monoisotopic (exact) mass is 452 g/mol. The van der Waals surface area contributed by atoms with Gasteiger partial charge in [-0.15, -0.1) is 0 Å². The Kier molecular flexibility index (Phi) is 6.73. The van der Waals surface area contributed by atoms with Gasteiger partial charge in [0.2, 0.25) is 12.5 Å². The minimum atomic E-state index is -0.817. The predicted octanol–water partition coefficient (Wildman–Crippen LogP) is 2.15. The Labute approximate surface area is 191 Å². The minimum Gasteiger partial charge on any atom is -0.389 e. The molecule has 1 aromatic heterocycles. The van der Waals surface area contributed by atoms with Gasteiger partial charge in [0.25, 0.3) is 0 Å². The van der Waals surface area contributed by atoms with Gasteiger partial charge in [0.1, 0.15) is 6.10 Å². The van der Waals surface area contributed by atoms with Crippen LogP contribution in [0.1, 0.15) is 24.8 Å². The fourth-order valence-electron chi connectivity index (χ4n) is 4.32. The van der Waals surface area contributed by atoms with Gasteiger partial charge < -0.3 is 25.5 Å². The van der Waals surface area contributed by atoms with Crippen molar-refractivity contribution in [2.45, 2.75) is 37.5 Å². The number of hydrogen-bond acceptors (Lipinski definition) is 6. The fourth-order valence-corrected chi connectivity index (χ4v) is 4.32. The van der Waals surface area contributed by atoms with Gasteiger partial charge in [0.05, 0.1) is 18.6 Å². The molecule has 4 unspecified atom stereocenters. The Morgan fingerprint density at radius 3 is 2.91 bits per heavy atom. The molecule has 1 aromatic carbocycles. The molecule has 0 fully saturated rings. The smallest absolute Gasteiger partial charge is 0.236 e. The van der Waals surface area contributed by atoms with Crippen LogP contribution in [0.15, 0.2) is 66.0 Å². The summed E-state index contributed by atoms with van der Waals surface area (Å²) < 4.78 is 6.08. The highest BCUT2D eigenvalue weighted by atomic mass is 16.6. The lowest BCUT2D eigenvalue weighted by Crippen LogP contribution is -2.38. The standard InChI is InChI=1S/C24H28N4O5/c1-14-7-8-20-22(23(14)33-13-16(29)11-25-15(2)9-10-28(31)32)21(24(30)27-20)18-12-26-19-6-4-3-5-17(18)19/h3-8,12,15-16,21,23,25-26,29H,1,9-11,13H2,2H3,(H,27,30). The van der Waals surface area contributed by atoms with Crippen molar-refractivity contribution >= 4 is 16.8 Å². The normalized spacial score (nSPS) is 21.9. The zero-order valence-electron chi connectivity index (χ0n) is 18.4. The number of H-pyrrole nitrogens is 1. The maximum absolute atomic E-state index is 13.0. The number of benzene rings is 1. The molecular weight excluding hydrogens is 424 g/mol. The molecule has 1 aliphatic heterocycles. The first kappa shape index (κ1) is 22.9. The number of nitrogens with zero attached hydrogens (tertiary/aromatic N) is 1. The van der Waals surface area contributed by atoms with E-state index in [0.717, 1.165) is 22.0 Å². The van der Waals surface area contributed by atoms with E-state index in [1.807, 2.05) is 49.5 Å². The third-order valence-corrected chi connectivity index (χ3v) is 6.06. The lowest BCUT2D eigenvalue weighted by atomic mass is 9.84. The molecule has 9 heteroatoms. The van der Waals surface area contributed by atoms with E-state index in [4.69, 9.17) is 4.74 Å². The Balaban J connectivity index is 1.46. The lowest BCUT2D eigenvalue weighted by Gasteiger charge is -2.27. The Bertz CT molecular complexity index is 1130. The Hall–Kier alpha value is -3.27. The van der Waals surface area contributed by atoms with Crippen molar-refractivity contribution in [2.75, 3.05) is 19.7 Å². The van der Waals surface area contributed by atoms with E-state index in [0.29, 0.717) is 17.7 Å². The van der Waals surface area contributed by atoms with Crippen molar-refractivity contribution in [3.63, 3.8) is 0 Å². The van der Waals surface area contributed by atoms with Crippen LogP contribution in [0.5, 0.6) is 0 Å². The van der Waals surface area contributed by atoms with Crippen molar-refractivity contribution < 1.29 is 19.6 Å². The topological polar surface area (TPSA) is 130 Å². The zero-order valence-corrected chi connectivity index (χ0v) is 18.4. The second-order valence-corrected chi connectivity index (χ2v) is 8.51. The average molecular weight is 453 g/mol.